The SMILES string of the molecule is Cc1ccc(Cn2nc(C)c(NC(=S)Nc3c(C)nn(Cc4cccc(Cl)c4)c3C)c2C)cc1. The second-order valence-corrected chi connectivity index (χ2v) is 9.45. The first-order valence-electron chi connectivity index (χ1n) is 11.2. The molecule has 0 amide bonds. The first-order chi connectivity index (χ1) is 16.2. The van der Waals surface area contributed by atoms with Gasteiger partial charge in [-0.1, -0.05) is 53.6 Å². The van der Waals surface area contributed by atoms with E-state index in [9.17, 15) is 0 Å². The van der Waals surface area contributed by atoms with Gasteiger partial charge in [0.05, 0.1) is 47.2 Å². The second kappa shape index (κ2) is 9.99. The van der Waals surface area contributed by atoms with E-state index in [-0.39, 0.29) is 0 Å². The minimum atomic E-state index is 0.509. The zero-order valence-electron chi connectivity index (χ0n) is 20.1. The zero-order chi connectivity index (χ0) is 24.4. The number of hydrogen-bond acceptors (Lipinski definition) is 3. The molecule has 2 aromatic carbocycles. The van der Waals surface area contributed by atoms with Crippen LogP contribution < -0.4 is 10.6 Å². The molecule has 0 spiro atoms. The summed E-state index contributed by atoms with van der Waals surface area (Å²) in [5.74, 6) is 0. The van der Waals surface area contributed by atoms with Gasteiger partial charge in [-0.25, -0.2) is 0 Å². The molecule has 0 aliphatic heterocycles. The largest absolute Gasteiger partial charge is 0.329 e. The quantitative estimate of drug-likeness (QED) is 0.315. The zero-order valence-corrected chi connectivity index (χ0v) is 21.7. The summed E-state index contributed by atoms with van der Waals surface area (Å²) < 4.78 is 3.96. The van der Waals surface area contributed by atoms with E-state index >= 15 is 0 Å². The number of nitrogens with one attached hydrogen (secondary N) is 2. The number of nitrogens with zero attached hydrogens (tertiary/aromatic N) is 4. The minimum absolute atomic E-state index is 0.509. The Hall–Kier alpha value is -3.16. The Labute approximate surface area is 210 Å². The Morgan fingerprint density at radius 2 is 1.32 bits per heavy atom. The first-order valence-corrected chi connectivity index (χ1v) is 12.0. The van der Waals surface area contributed by atoms with Crippen molar-refractivity contribution in [3.8, 4) is 0 Å². The second-order valence-electron chi connectivity index (χ2n) is 8.60. The third-order valence-electron chi connectivity index (χ3n) is 5.91. The van der Waals surface area contributed by atoms with E-state index < -0.39 is 0 Å². The molecule has 0 saturated carbocycles. The molecule has 6 nitrogen and oxygen atoms in total. The summed E-state index contributed by atoms with van der Waals surface area (Å²) in [6, 6.07) is 16.3. The Morgan fingerprint density at radius 1 is 0.794 bits per heavy atom. The van der Waals surface area contributed by atoms with Gasteiger partial charge in [0.1, 0.15) is 0 Å². The van der Waals surface area contributed by atoms with Crippen LogP contribution in [0.5, 0.6) is 0 Å². The van der Waals surface area contributed by atoms with Gasteiger partial charge in [-0.05, 0) is 70.1 Å². The van der Waals surface area contributed by atoms with Crippen LogP contribution in [0, 0.1) is 34.6 Å². The van der Waals surface area contributed by atoms with Crippen molar-refractivity contribution in [1.82, 2.24) is 19.6 Å². The van der Waals surface area contributed by atoms with E-state index in [2.05, 4.69) is 48.7 Å². The number of benzene rings is 2. The number of thiocarbonyl (C=S) groups is 1. The third-order valence-corrected chi connectivity index (χ3v) is 6.35. The normalized spacial score (nSPS) is 11.0. The van der Waals surface area contributed by atoms with Gasteiger partial charge in [0.15, 0.2) is 5.11 Å². The molecule has 0 aliphatic carbocycles. The number of aryl methyl sites for hydroxylation is 3. The highest BCUT2D eigenvalue weighted by molar-refractivity contribution is 7.80. The summed E-state index contributed by atoms with van der Waals surface area (Å²) in [4.78, 5) is 0. The molecule has 0 aliphatic rings. The van der Waals surface area contributed by atoms with Gasteiger partial charge in [0, 0.05) is 5.02 Å². The number of anilines is 2. The third kappa shape index (κ3) is 5.32. The Balaban J connectivity index is 1.47. The lowest BCUT2D eigenvalue weighted by molar-refractivity contribution is 0.659. The van der Waals surface area contributed by atoms with E-state index in [1.807, 2.05) is 54.4 Å². The molecule has 0 saturated heterocycles. The molecule has 8 heteroatoms. The lowest BCUT2D eigenvalue weighted by Gasteiger charge is -2.12. The summed E-state index contributed by atoms with van der Waals surface area (Å²) in [7, 11) is 0. The van der Waals surface area contributed by atoms with Crippen LogP contribution in [-0.4, -0.2) is 24.7 Å². The predicted octanol–water partition coefficient (Wildman–Crippen LogP) is 6.18. The first kappa shape index (κ1) is 24.0. The molecule has 0 radical (unpaired) electrons. The Bertz CT molecular complexity index is 1340. The summed E-state index contributed by atoms with van der Waals surface area (Å²) in [5, 5.41) is 17.3. The summed E-state index contributed by atoms with van der Waals surface area (Å²) >= 11 is 11.8. The molecule has 2 aromatic heterocycles. The van der Waals surface area contributed by atoms with Crippen LogP contribution in [0.4, 0.5) is 11.4 Å². The van der Waals surface area contributed by atoms with Crippen LogP contribution in [0.3, 0.4) is 0 Å². The fourth-order valence-corrected chi connectivity index (χ4v) is 4.41. The van der Waals surface area contributed by atoms with Crippen molar-refractivity contribution in [2.24, 2.45) is 0 Å². The predicted molar refractivity (Wildman–Crippen MR) is 144 cm³/mol. The highest BCUT2D eigenvalue weighted by Gasteiger charge is 2.16. The van der Waals surface area contributed by atoms with Gasteiger partial charge in [0.2, 0.25) is 0 Å². The number of hydrogen-bond donors (Lipinski definition) is 2. The highest BCUT2D eigenvalue weighted by atomic mass is 35.5. The van der Waals surface area contributed by atoms with Crippen LogP contribution in [0.1, 0.15) is 39.5 Å². The van der Waals surface area contributed by atoms with Crippen molar-refractivity contribution < 1.29 is 0 Å². The molecule has 2 heterocycles. The number of halogens is 1. The van der Waals surface area contributed by atoms with Gasteiger partial charge in [-0.3, -0.25) is 9.36 Å². The van der Waals surface area contributed by atoms with Crippen LogP contribution in [0.15, 0.2) is 48.5 Å². The summed E-state index contributed by atoms with van der Waals surface area (Å²) in [6.45, 7) is 11.5. The van der Waals surface area contributed by atoms with Crippen LogP contribution in [0.25, 0.3) is 0 Å². The van der Waals surface area contributed by atoms with Crippen molar-refractivity contribution in [3.63, 3.8) is 0 Å². The molecule has 4 aromatic rings. The molecule has 34 heavy (non-hydrogen) atoms. The van der Waals surface area contributed by atoms with Crippen molar-refractivity contribution in [1.29, 1.82) is 0 Å². The van der Waals surface area contributed by atoms with Crippen molar-refractivity contribution in [3.05, 3.63) is 93.0 Å². The van der Waals surface area contributed by atoms with Crippen molar-refractivity contribution in [2.75, 3.05) is 10.6 Å². The van der Waals surface area contributed by atoms with Gasteiger partial charge in [-0.15, -0.1) is 0 Å². The highest BCUT2D eigenvalue weighted by Crippen LogP contribution is 2.24. The van der Waals surface area contributed by atoms with E-state index in [1.165, 1.54) is 11.1 Å². The van der Waals surface area contributed by atoms with Crippen molar-refractivity contribution in [2.45, 2.75) is 47.7 Å². The fraction of sp³-hybridized carbons (Fsp3) is 0.269. The molecule has 0 unspecified atom stereocenters. The van der Waals surface area contributed by atoms with E-state index in [0.29, 0.717) is 18.2 Å². The molecule has 0 bridgehead atoms. The van der Waals surface area contributed by atoms with Gasteiger partial charge < -0.3 is 10.6 Å². The number of rotatable bonds is 6. The van der Waals surface area contributed by atoms with Gasteiger partial charge >= 0.3 is 0 Å². The molecular weight excluding hydrogens is 464 g/mol. The van der Waals surface area contributed by atoms with E-state index in [0.717, 1.165) is 44.7 Å². The van der Waals surface area contributed by atoms with Crippen LogP contribution >= 0.6 is 23.8 Å². The summed E-state index contributed by atoms with van der Waals surface area (Å²) in [5.41, 5.74) is 9.20. The topological polar surface area (TPSA) is 59.7 Å². The molecule has 176 valence electrons. The minimum Gasteiger partial charge on any atom is -0.329 e. The Morgan fingerprint density at radius 3 is 1.85 bits per heavy atom. The van der Waals surface area contributed by atoms with E-state index in [4.69, 9.17) is 34.0 Å². The van der Waals surface area contributed by atoms with Gasteiger partial charge in [0.25, 0.3) is 0 Å². The lowest BCUT2D eigenvalue weighted by Crippen LogP contribution is -2.21. The maximum absolute atomic E-state index is 6.14. The van der Waals surface area contributed by atoms with Crippen molar-refractivity contribution >= 4 is 40.3 Å². The smallest absolute Gasteiger partial charge is 0.175 e. The maximum Gasteiger partial charge on any atom is 0.175 e. The molecule has 0 fully saturated rings. The molecule has 2 N–H and O–H groups in total. The van der Waals surface area contributed by atoms with Crippen LogP contribution in [-0.2, 0) is 13.1 Å². The monoisotopic (exact) mass is 492 g/mol. The maximum atomic E-state index is 6.14. The standard InChI is InChI=1S/C26H29ClN6S/c1-16-9-11-21(12-10-16)14-32-19(4)24(17(2)30-32)28-26(34)29-25-18(3)31-33(20(25)5)15-22-7-6-8-23(27)13-22/h6-13H,14-15H2,1-5H3,(H2,28,29,34). The average molecular weight is 493 g/mol. The number of aromatic nitrogens is 4. The average Bonchev–Trinajstić information content (AvgIpc) is 3.19. The molecule has 0 atom stereocenters. The lowest BCUT2D eigenvalue weighted by atomic mass is 10.1. The Kier molecular flexibility index (Phi) is 7.05. The molecular formula is C26H29ClN6S. The fourth-order valence-electron chi connectivity index (χ4n) is 4.00. The van der Waals surface area contributed by atoms with Crippen LogP contribution in [0.2, 0.25) is 5.02 Å². The molecule has 4 rings (SSSR count). The van der Waals surface area contributed by atoms with E-state index in [1.54, 1.807) is 0 Å². The summed E-state index contributed by atoms with van der Waals surface area (Å²) in [6.07, 6.45) is 0. The van der Waals surface area contributed by atoms with Gasteiger partial charge in [-0.2, -0.15) is 10.2 Å².